The smallest absolute Gasteiger partial charge is 0.549 e. The molecule has 0 radical (unpaired) electrons. The van der Waals surface area contributed by atoms with Crippen LogP contribution in [-0.2, 0) is 11.2 Å². The summed E-state index contributed by atoms with van der Waals surface area (Å²) < 4.78 is 0. The van der Waals surface area contributed by atoms with Crippen molar-refractivity contribution in [3.05, 3.63) is 58.3 Å². The topological polar surface area (TPSA) is 40.1 Å². The molecule has 82 valence electrons. The quantitative estimate of drug-likeness (QED) is 0.645. The van der Waals surface area contributed by atoms with E-state index in [0.717, 1.165) is 10.4 Å². The number of hydrogen-bond acceptors (Lipinski definition) is 3. The number of aliphatic carboxylic acids is 1. The zero-order valence-electron chi connectivity index (χ0n) is 9.63. The molecular formula is C13H11NaO2S. The van der Waals surface area contributed by atoms with E-state index in [9.17, 15) is 9.90 Å². The first-order valence-electron chi connectivity index (χ1n) is 5.05. The standard InChI is InChI=1S/C13H12O2S.Na/c14-13(15)12(9-11-7-4-8-16-11)10-5-2-1-3-6-10;/h1-8,12H,9H2,(H,14,15);/q;+1/p-1/t12-;/m0./s1. The molecule has 0 aliphatic heterocycles. The summed E-state index contributed by atoms with van der Waals surface area (Å²) >= 11 is 1.57. The van der Waals surface area contributed by atoms with Crippen molar-refractivity contribution in [3.8, 4) is 0 Å². The summed E-state index contributed by atoms with van der Waals surface area (Å²) in [5.74, 6) is -1.57. The van der Waals surface area contributed by atoms with Crippen LogP contribution >= 0.6 is 11.3 Å². The Morgan fingerprint density at radius 3 is 2.41 bits per heavy atom. The Kier molecular flexibility index (Phi) is 5.92. The van der Waals surface area contributed by atoms with Gasteiger partial charge in [0.1, 0.15) is 0 Å². The van der Waals surface area contributed by atoms with Crippen LogP contribution in [0.1, 0.15) is 16.4 Å². The fourth-order valence-electron chi connectivity index (χ4n) is 1.65. The van der Waals surface area contributed by atoms with E-state index in [-0.39, 0.29) is 29.6 Å². The van der Waals surface area contributed by atoms with E-state index in [2.05, 4.69) is 0 Å². The Hall–Kier alpha value is -0.610. The van der Waals surface area contributed by atoms with E-state index in [1.807, 2.05) is 47.8 Å². The third kappa shape index (κ3) is 3.96. The molecule has 0 spiro atoms. The average molecular weight is 254 g/mol. The van der Waals surface area contributed by atoms with Crippen LogP contribution in [0.5, 0.6) is 0 Å². The van der Waals surface area contributed by atoms with Gasteiger partial charge in [0.25, 0.3) is 0 Å². The third-order valence-corrected chi connectivity index (χ3v) is 3.37. The second kappa shape index (κ2) is 6.97. The average Bonchev–Trinajstić information content (AvgIpc) is 2.79. The predicted molar refractivity (Wildman–Crippen MR) is 62.2 cm³/mol. The van der Waals surface area contributed by atoms with E-state index >= 15 is 0 Å². The fourth-order valence-corrected chi connectivity index (χ4v) is 2.40. The van der Waals surface area contributed by atoms with Gasteiger partial charge in [0.15, 0.2) is 0 Å². The zero-order chi connectivity index (χ0) is 11.4. The number of carbonyl (C=O) groups excluding carboxylic acids is 1. The van der Waals surface area contributed by atoms with Crippen molar-refractivity contribution in [3.63, 3.8) is 0 Å². The molecule has 1 atom stereocenters. The summed E-state index contributed by atoms with van der Waals surface area (Å²) in [5, 5.41) is 13.1. The molecule has 1 aromatic carbocycles. The molecule has 2 aromatic rings. The van der Waals surface area contributed by atoms with Gasteiger partial charge < -0.3 is 9.90 Å². The molecule has 0 bridgehead atoms. The van der Waals surface area contributed by atoms with Crippen molar-refractivity contribution in [1.82, 2.24) is 0 Å². The van der Waals surface area contributed by atoms with Crippen LogP contribution in [0.4, 0.5) is 0 Å². The SMILES string of the molecule is O=C([O-])[C@@H](Cc1cccs1)c1ccccc1.[Na+]. The first-order chi connectivity index (χ1) is 7.77. The number of thiophene rings is 1. The van der Waals surface area contributed by atoms with Crippen molar-refractivity contribution >= 4 is 17.3 Å². The minimum absolute atomic E-state index is 0. The molecule has 0 aliphatic rings. The first kappa shape index (κ1) is 14.5. The van der Waals surface area contributed by atoms with Crippen molar-refractivity contribution < 1.29 is 39.5 Å². The van der Waals surface area contributed by atoms with Gasteiger partial charge in [-0.1, -0.05) is 36.4 Å². The van der Waals surface area contributed by atoms with Gasteiger partial charge in [-0.2, -0.15) is 0 Å². The second-order valence-electron chi connectivity index (χ2n) is 3.57. The first-order valence-corrected chi connectivity index (χ1v) is 5.93. The summed E-state index contributed by atoms with van der Waals surface area (Å²) in [4.78, 5) is 12.2. The summed E-state index contributed by atoms with van der Waals surface area (Å²) in [6.45, 7) is 0. The van der Waals surface area contributed by atoms with Gasteiger partial charge in [0.2, 0.25) is 0 Å². The van der Waals surface area contributed by atoms with E-state index in [1.54, 1.807) is 11.3 Å². The summed E-state index contributed by atoms with van der Waals surface area (Å²) in [5.41, 5.74) is 0.802. The van der Waals surface area contributed by atoms with Gasteiger partial charge in [-0.25, -0.2) is 0 Å². The predicted octanol–water partition coefficient (Wildman–Crippen LogP) is -1.17. The van der Waals surface area contributed by atoms with Crippen molar-refractivity contribution in [2.75, 3.05) is 0 Å². The van der Waals surface area contributed by atoms with Crippen LogP contribution in [-0.4, -0.2) is 5.97 Å². The van der Waals surface area contributed by atoms with Crippen LogP contribution in [0.15, 0.2) is 47.8 Å². The van der Waals surface area contributed by atoms with Gasteiger partial charge in [-0.15, -0.1) is 11.3 Å². The molecule has 0 unspecified atom stereocenters. The van der Waals surface area contributed by atoms with Crippen LogP contribution in [0.25, 0.3) is 0 Å². The molecule has 1 heterocycles. The maximum atomic E-state index is 11.1. The van der Waals surface area contributed by atoms with Gasteiger partial charge in [0, 0.05) is 16.8 Å². The largest absolute Gasteiger partial charge is 1.00 e. The van der Waals surface area contributed by atoms with Crippen LogP contribution in [0.3, 0.4) is 0 Å². The molecule has 0 amide bonds. The summed E-state index contributed by atoms with van der Waals surface area (Å²) in [6.07, 6.45) is 0.504. The third-order valence-electron chi connectivity index (χ3n) is 2.47. The van der Waals surface area contributed by atoms with Gasteiger partial charge in [0.05, 0.1) is 0 Å². The molecule has 0 aliphatic carbocycles. The molecule has 2 nitrogen and oxygen atoms in total. The Bertz CT molecular complexity index is 454. The normalized spacial score (nSPS) is 11.5. The van der Waals surface area contributed by atoms with Crippen LogP contribution in [0.2, 0.25) is 0 Å². The van der Waals surface area contributed by atoms with E-state index in [1.165, 1.54) is 0 Å². The molecule has 1 aromatic heterocycles. The number of carbonyl (C=O) groups is 1. The number of benzene rings is 1. The van der Waals surface area contributed by atoms with Gasteiger partial charge in [-0.05, 0) is 23.4 Å². The molecule has 0 saturated heterocycles. The summed E-state index contributed by atoms with van der Waals surface area (Å²) in [7, 11) is 0. The summed E-state index contributed by atoms with van der Waals surface area (Å²) in [6, 6.07) is 13.1. The molecule has 2 rings (SSSR count). The Labute approximate surface area is 127 Å². The Morgan fingerprint density at radius 1 is 1.18 bits per heavy atom. The number of carboxylic acids is 1. The number of rotatable bonds is 4. The van der Waals surface area contributed by atoms with Crippen molar-refractivity contribution in [2.24, 2.45) is 0 Å². The Balaban J connectivity index is 0.00000144. The van der Waals surface area contributed by atoms with E-state index in [0.29, 0.717) is 6.42 Å². The number of hydrogen-bond donors (Lipinski definition) is 0. The minimum Gasteiger partial charge on any atom is -0.549 e. The molecular weight excluding hydrogens is 243 g/mol. The molecule has 0 fully saturated rings. The van der Waals surface area contributed by atoms with Crippen molar-refractivity contribution in [1.29, 1.82) is 0 Å². The maximum Gasteiger partial charge on any atom is 1.00 e. The van der Waals surface area contributed by atoms with Gasteiger partial charge in [-0.3, -0.25) is 0 Å². The molecule has 17 heavy (non-hydrogen) atoms. The van der Waals surface area contributed by atoms with Crippen LogP contribution < -0.4 is 34.7 Å². The molecule has 0 N–H and O–H groups in total. The monoisotopic (exact) mass is 254 g/mol. The molecule has 0 saturated carbocycles. The van der Waals surface area contributed by atoms with E-state index < -0.39 is 11.9 Å². The van der Waals surface area contributed by atoms with E-state index in [4.69, 9.17) is 0 Å². The van der Waals surface area contributed by atoms with Gasteiger partial charge >= 0.3 is 29.6 Å². The van der Waals surface area contributed by atoms with Crippen LogP contribution in [0, 0.1) is 0 Å². The number of carboxylic acid groups (broad SMARTS) is 1. The Morgan fingerprint density at radius 2 is 1.88 bits per heavy atom. The minimum atomic E-state index is -1.01. The molecule has 4 heteroatoms. The second-order valence-corrected chi connectivity index (χ2v) is 4.60. The fraction of sp³-hybridized carbons (Fsp3) is 0.154. The maximum absolute atomic E-state index is 11.1. The van der Waals surface area contributed by atoms with Crippen molar-refractivity contribution in [2.45, 2.75) is 12.3 Å². The zero-order valence-corrected chi connectivity index (χ0v) is 12.4.